The summed E-state index contributed by atoms with van der Waals surface area (Å²) in [4.78, 5) is 37.8. The maximum Gasteiger partial charge on any atom is 0.306 e. The van der Waals surface area contributed by atoms with Gasteiger partial charge in [0, 0.05) is 19.3 Å². The Kier molecular flexibility index (Phi) is 41.3. The minimum absolute atomic E-state index is 0.0665. The van der Waals surface area contributed by atoms with E-state index < -0.39 is 6.10 Å². The average molecular weight is 807 g/mol. The first-order valence-corrected chi connectivity index (χ1v) is 25.1. The molecule has 0 amide bonds. The van der Waals surface area contributed by atoms with Crippen LogP contribution < -0.4 is 0 Å². The standard InChI is InChI=1S/C51H98O6/c1-7-47(6)39-33-27-23-24-29-35-41-50(53)56-44-48(43-55-49(52)40-34-28-22-18-20-26-32-38-46(4)5)57-51(54)42-36-30-21-17-15-13-11-9-8-10-12-14-16-19-25-31-37-45(2)3/h45-48H,7-44H2,1-6H3/t47?,48-/m1/s1. The molecule has 338 valence electrons. The van der Waals surface area contributed by atoms with Crippen molar-refractivity contribution in [2.24, 2.45) is 17.8 Å². The van der Waals surface area contributed by atoms with Gasteiger partial charge in [-0.25, -0.2) is 0 Å². The van der Waals surface area contributed by atoms with Crippen LogP contribution in [-0.2, 0) is 28.6 Å². The van der Waals surface area contributed by atoms with Crippen LogP contribution in [0, 0.1) is 17.8 Å². The lowest BCUT2D eigenvalue weighted by Crippen LogP contribution is -2.30. The molecule has 0 radical (unpaired) electrons. The SMILES string of the molecule is CCC(C)CCCCCCCCC(=O)OC[C@@H](COC(=O)CCCCCCCCCC(C)C)OC(=O)CCCCCCCCCCCCCCCCCCC(C)C. The first kappa shape index (κ1) is 55.4. The van der Waals surface area contributed by atoms with Crippen LogP contribution in [0.15, 0.2) is 0 Å². The van der Waals surface area contributed by atoms with E-state index in [1.54, 1.807) is 0 Å². The Morgan fingerprint density at radius 3 is 0.912 bits per heavy atom. The van der Waals surface area contributed by atoms with Gasteiger partial charge in [-0.05, 0) is 37.0 Å². The highest BCUT2D eigenvalue weighted by Gasteiger charge is 2.19. The second-order valence-electron chi connectivity index (χ2n) is 18.6. The minimum Gasteiger partial charge on any atom is -0.462 e. The fourth-order valence-electron chi connectivity index (χ4n) is 7.55. The first-order valence-electron chi connectivity index (χ1n) is 25.1. The topological polar surface area (TPSA) is 78.9 Å². The normalized spacial score (nSPS) is 12.6. The summed E-state index contributed by atoms with van der Waals surface area (Å²) < 4.78 is 16.8. The summed E-state index contributed by atoms with van der Waals surface area (Å²) in [5, 5.41) is 0. The molecule has 0 aliphatic carbocycles. The number of hydrogen-bond donors (Lipinski definition) is 0. The van der Waals surface area contributed by atoms with Crippen LogP contribution in [0.25, 0.3) is 0 Å². The predicted octanol–water partition coefficient (Wildman–Crippen LogP) is 16.0. The molecule has 0 saturated heterocycles. The van der Waals surface area contributed by atoms with Gasteiger partial charge >= 0.3 is 17.9 Å². The molecule has 1 unspecified atom stereocenters. The third kappa shape index (κ3) is 43.8. The molecular formula is C51H98O6. The van der Waals surface area contributed by atoms with Crippen LogP contribution in [0.3, 0.4) is 0 Å². The molecular weight excluding hydrogens is 709 g/mol. The molecule has 0 aliphatic heterocycles. The van der Waals surface area contributed by atoms with Gasteiger partial charge in [-0.15, -0.1) is 0 Å². The van der Waals surface area contributed by atoms with E-state index in [1.807, 2.05) is 0 Å². The van der Waals surface area contributed by atoms with E-state index in [9.17, 15) is 14.4 Å². The van der Waals surface area contributed by atoms with E-state index in [1.165, 1.54) is 154 Å². The van der Waals surface area contributed by atoms with Gasteiger partial charge in [0.1, 0.15) is 13.2 Å². The third-order valence-corrected chi connectivity index (χ3v) is 11.8. The quantitative estimate of drug-likeness (QED) is 0.0347. The smallest absolute Gasteiger partial charge is 0.306 e. The Balaban J connectivity index is 4.25. The summed E-state index contributed by atoms with van der Waals surface area (Å²) in [6.45, 7) is 13.6. The fraction of sp³-hybridized carbons (Fsp3) is 0.941. The van der Waals surface area contributed by atoms with Gasteiger partial charge in [0.05, 0.1) is 0 Å². The molecule has 2 atom stereocenters. The Morgan fingerprint density at radius 1 is 0.351 bits per heavy atom. The number of hydrogen-bond acceptors (Lipinski definition) is 6. The number of carbonyl (C=O) groups is 3. The van der Waals surface area contributed by atoms with Crippen molar-refractivity contribution in [3.63, 3.8) is 0 Å². The van der Waals surface area contributed by atoms with Crippen LogP contribution in [-0.4, -0.2) is 37.2 Å². The summed E-state index contributed by atoms with van der Waals surface area (Å²) in [5.74, 6) is 1.59. The Morgan fingerprint density at radius 2 is 0.614 bits per heavy atom. The predicted molar refractivity (Wildman–Crippen MR) is 243 cm³/mol. The number of esters is 3. The number of unbranched alkanes of at least 4 members (excludes halogenated alkanes) is 26. The zero-order chi connectivity index (χ0) is 42.0. The van der Waals surface area contributed by atoms with Crippen molar-refractivity contribution in [1.29, 1.82) is 0 Å². The largest absolute Gasteiger partial charge is 0.462 e. The van der Waals surface area contributed by atoms with Crippen molar-refractivity contribution < 1.29 is 28.6 Å². The maximum atomic E-state index is 12.8. The van der Waals surface area contributed by atoms with E-state index in [0.717, 1.165) is 75.5 Å². The highest BCUT2D eigenvalue weighted by Crippen LogP contribution is 2.18. The summed E-state index contributed by atoms with van der Waals surface area (Å²) >= 11 is 0. The second-order valence-corrected chi connectivity index (χ2v) is 18.6. The summed E-state index contributed by atoms with van der Waals surface area (Å²) in [6, 6.07) is 0. The third-order valence-electron chi connectivity index (χ3n) is 11.8. The van der Waals surface area contributed by atoms with Crippen molar-refractivity contribution in [2.75, 3.05) is 13.2 Å². The van der Waals surface area contributed by atoms with Gasteiger partial charge in [0.15, 0.2) is 6.10 Å². The summed E-state index contributed by atoms with van der Waals surface area (Å²) in [7, 11) is 0. The van der Waals surface area contributed by atoms with Crippen molar-refractivity contribution in [1.82, 2.24) is 0 Å². The summed E-state index contributed by atoms with van der Waals surface area (Å²) in [6.07, 6.45) is 41.0. The second kappa shape index (κ2) is 42.5. The Labute approximate surface area is 355 Å². The average Bonchev–Trinajstić information content (AvgIpc) is 3.18. The molecule has 0 aliphatic rings. The Bertz CT molecular complexity index is 885. The zero-order valence-electron chi connectivity index (χ0n) is 39.1. The van der Waals surface area contributed by atoms with Crippen LogP contribution in [0.2, 0.25) is 0 Å². The van der Waals surface area contributed by atoms with E-state index in [0.29, 0.717) is 19.3 Å². The fourth-order valence-corrected chi connectivity index (χ4v) is 7.55. The van der Waals surface area contributed by atoms with Gasteiger partial charge in [-0.2, -0.15) is 0 Å². The molecule has 0 aromatic carbocycles. The number of ether oxygens (including phenoxy) is 3. The highest BCUT2D eigenvalue weighted by molar-refractivity contribution is 5.71. The molecule has 0 aromatic heterocycles. The lowest BCUT2D eigenvalue weighted by atomic mass is 10.00. The van der Waals surface area contributed by atoms with Crippen molar-refractivity contribution in [2.45, 2.75) is 279 Å². The van der Waals surface area contributed by atoms with Crippen molar-refractivity contribution in [3.8, 4) is 0 Å². The molecule has 0 saturated carbocycles. The van der Waals surface area contributed by atoms with Crippen LogP contribution in [0.4, 0.5) is 0 Å². The number of carbonyl (C=O) groups excluding carboxylic acids is 3. The van der Waals surface area contributed by atoms with Crippen molar-refractivity contribution in [3.05, 3.63) is 0 Å². The van der Waals surface area contributed by atoms with Crippen LogP contribution >= 0.6 is 0 Å². The van der Waals surface area contributed by atoms with E-state index in [4.69, 9.17) is 14.2 Å². The van der Waals surface area contributed by atoms with Gasteiger partial charge in [0.25, 0.3) is 0 Å². The lowest BCUT2D eigenvalue weighted by molar-refractivity contribution is -0.167. The molecule has 57 heavy (non-hydrogen) atoms. The van der Waals surface area contributed by atoms with Gasteiger partial charge in [-0.3, -0.25) is 14.4 Å². The molecule has 0 N–H and O–H groups in total. The Hall–Kier alpha value is -1.59. The first-order chi connectivity index (χ1) is 27.6. The molecule has 0 aromatic rings. The zero-order valence-corrected chi connectivity index (χ0v) is 39.1. The molecule has 0 bridgehead atoms. The molecule has 0 spiro atoms. The lowest BCUT2D eigenvalue weighted by Gasteiger charge is -2.18. The van der Waals surface area contributed by atoms with Gasteiger partial charge < -0.3 is 14.2 Å². The van der Waals surface area contributed by atoms with E-state index in [-0.39, 0.29) is 31.1 Å². The molecule has 0 heterocycles. The minimum atomic E-state index is -0.763. The molecule has 6 nitrogen and oxygen atoms in total. The molecule has 0 rings (SSSR count). The van der Waals surface area contributed by atoms with Crippen LogP contribution in [0.5, 0.6) is 0 Å². The molecule has 6 heteroatoms. The van der Waals surface area contributed by atoms with E-state index in [2.05, 4.69) is 41.5 Å². The summed E-state index contributed by atoms with van der Waals surface area (Å²) in [5.41, 5.74) is 0. The maximum absolute atomic E-state index is 12.8. The van der Waals surface area contributed by atoms with Gasteiger partial charge in [0.2, 0.25) is 0 Å². The number of rotatable bonds is 44. The van der Waals surface area contributed by atoms with Crippen molar-refractivity contribution >= 4 is 17.9 Å². The van der Waals surface area contributed by atoms with Gasteiger partial charge in [-0.1, -0.05) is 234 Å². The highest BCUT2D eigenvalue weighted by atomic mass is 16.6. The monoisotopic (exact) mass is 807 g/mol. The van der Waals surface area contributed by atoms with Crippen LogP contribution in [0.1, 0.15) is 273 Å². The molecule has 0 fully saturated rings. The van der Waals surface area contributed by atoms with E-state index >= 15 is 0 Å².